The Hall–Kier alpha value is -1.17. The molecule has 1 amide bonds. The summed E-state index contributed by atoms with van der Waals surface area (Å²) in [6.45, 7) is 0.792. The normalized spacial score (nSPS) is 15.9. The summed E-state index contributed by atoms with van der Waals surface area (Å²) in [6, 6.07) is 4.48. The zero-order valence-electron chi connectivity index (χ0n) is 12.9. The number of carbonyl (C=O) groups excluding carboxylic acids is 1. The van der Waals surface area contributed by atoms with Gasteiger partial charge < -0.3 is 10.0 Å². The SMILES string of the molecule is CN(CC(=O)N(C)Cc1c(F)cccc1Cl)CC(O)C1CC1. The second-order valence-corrected chi connectivity index (χ2v) is 6.46. The fourth-order valence-corrected chi connectivity index (χ4v) is 2.60. The van der Waals surface area contributed by atoms with E-state index >= 15 is 0 Å². The zero-order valence-corrected chi connectivity index (χ0v) is 13.7. The van der Waals surface area contributed by atoms with Gasteiger partial charge in [-0.1, -0.05) is 17.7 Å². The Morgan fingerprint density at radius 3 is 2.73 bits per heavy atom. The second kappa shape index (κ2) is 7.40. The second-order valence-electron chi connectivity index (χ2n) is 6.05. The Morgan fingerprint density at radius 1 is 1.45 bits per heavy atom. The number of carbonyl (C=O) groups is 1. The van der Waals surface area contributed by atoms with Gasteiger partial charge in [-0.2, -0.15) is 0 Å². The maximum absolute atomic E-state index is 13.7. The molecule has 0 spiro atoms. The predicted molar refractivity (Wildman–Crippen MR) is 84.1 cm³/mol. The van der Waals surface area contributed by atoms with E-state index in [0.29, 0.717) is 23.0 Å². The highest BCUT2D eigenvalue weighted by Crippen LogP contribution is 2.32. The van der Waals surface area contributed by atoms with E-state index in [2.05, 4.69) is 0 Å². The van der Waals surface area contributed by atoms with Crippen LogP contribution < -0.4 is 0 Å². The molecule has 1 fully saturated rings. The number of likely N-dealkylation sites (N-methyl/N-ethyl adjacent to an activating group) is 2. The molecule has 0 saturated heterocycles. The van der Waals surface area contributed by atoms with Gasteiger partial charge in [0.15, 0.2) is 0 Å². The van der Waals surface area contributed by atoms with E-state index in [9.17, 15) is 14.3 Å². The number of halogens is 2. The third kappa shape index (κ3) is 4.66. The topological polar surface area (TPSA) is 43.8 Å². The third-order valence-corrected chi connectivity index (χ3v) is 4.31. The van der Waals surface area contributed by atoms with E-state index in [1.54, 1.807) is 25.1 Å². The summed E-state index contributed by atoms with van der Waals surface area (Å²) in [7, 11) is 3.42. The molecule has 1 atom stereocenters. The van der Waals surface area contributed by atoms with Crippen molar-refractivity contribution in [2.45, 2.75) is 25.5 Å². The van der Waals surface area contributed by atoms with Crippen LogP contribution in [0, 0.1) is 11.7 Å². The van der Waals surface area contributed by atoms with Gasteiger partial charge in [-0.05, 0) is 37.9 Å². The lowest BCUT2D eigenvalue weighted by Gasteiger charge is -2.24. The fraction of sp³-hybridized carbons (Fsp3) is 0.562. The smallest absolute Gasteiger partial charge is 0.236 e. The van der Waals surface area contributed by atoms with Gasteiger partial charge in [-0.15, -0.1) is 0 Å². The predicted octanol–water partition coefficient (Wildman–Crippen LogP) is 2.14. The lowest BCUT2D eigenvalue weighted by molar-refractivity contribution is -0.131. The molecule has 122 valence electrons. The lowest BCUT2D eigenvalue weighted by atomic mass is 10.2. The van der Waals surface area contributed by atoms with Gasteiger partial charge in [0.2, 0.25) is 5.91 Å². The number of hydrogen-bond donors (Lipinski definition) is 1. The molecule has 0 bridgehead atoms. The first-order valence-electron chi connectivity index (χ1n) is 7.42. The van der Waals surface area contributed by atoms with Gasteiger partial charge in [0.1, 0.15) is 5.82 Å². The molecule has 1 aliphatic rings. The van der Waals surface area contributed by atoms with Gasteiger partial charge in [0.05, 0.1) is 12.6 Å². The van der Waals surface area contributed by atoms with E-state index in [4.69, 9.17) is 11.6 Å². The Bertz CT molecular complexity index is 517. The number of rotatable bonds is 7. The molecule has 1 aromatic rings. The molecule has 0 radical (unpaired) electrons. The molecule has 1 aromatic carbocycles. The van der Waals surface area contributed by atoms with Crippen LogP contribution in [0.25, 0.3) is 0 Å². The molecule has 1 unspecified atom stereocenters. The lowest BCUT2D eigenvalue weighted by Crippen LogP contribution is -2.39. The average molecular weight is 329 g/mol. The molecule has 2 rings (SSSR count). The summed E-state index contributed by atoms with van der Waals surface area (Å²) < 4.78 is 13.7. The molecule has 4 nitrogen and oxygen atoms in total. The minimum Gasteiger partial charge on any atom is -0.392 e. The highest BCUT2D eigenvalue weighted by Gasteiger charge is 2.30. The number of amides is 1. The fourth-order valence-electron chi connectivity index (χ4n) is 2.37. The maximum Gasteiger partial charge on any atom is 0.236 e. The Balaban J connectivity index is 1.86. The van der Waals surface area contributed by atoms with Crippen LogP contribution in [0.2, 0.25) is 5.02 Å². The van der Waals surface area contributed by atoms with Crippen molar-refractivity contribution >= 4 is 17.5 Å². The highest BCUT2D eigenvalue weighted by atomic mass is 35.5. The summed E-state index contributed by atoms with van der Waals surface area (Å²) in [5, 5.41) is 10.2. The van der Waals surface area contributed by atoms with Crippen LogP contribution in [0.4, 0.5) is 4.39 Å². The average Bonchev–Trinajstić information content (AvgIpc) is 3.27. The molecule has 1 saturated carbocycles. The van der Waals surface area contributed by atoms with Crippen molar-refractivity contribution in [2.24, 2.45) is 5.92 Å². The van der Waals surface area contributed by atoms with E-state index < -0.39 is 5.82 Å². The molecular formula is C16H22ClFN2O2. The number of aliphatic hydroxyl groups is 1. The summed E-state index contributed by atoms with van der Waals surface area (Å²) in [5.74, 6) is -0.165. The van der Waals surface area contributed by atoms with Crippen molar-refractivity contribution < 1.29 is 14.3 Å². The first-order chi connectivity index (χ1) is 10.4. The van der Waals surface area contributed by atoms with E-state index in [1.165, 1.54) is 17.0 Å². The van der Waals surface area contributed by atoms with E-state index in [0.717, 1.165) is 12.8 Å². The summed E-state index contributed by atoms with van der Waals surface area (Å²) in [4.78, 5) is 15.4. The van der Waals surface area contributed by atoms with Crippen molar-refractivity contribution in [2.75, 3.05) is 27.2 Å². The van der Waals surface area contributed by atoms with Gasteiger partial charge in [-0.3, -0.25) is 9.69 Å². The van der Waals surface area contributed by atoms with Gasteiger partial charge >= 0.3 is 0 Å². The third-order valence-electron chi connectivity index (χ3n) is 3.95. The van der Waals surface area contributed by atoms with Crippen LogP contribution in [0.15, 0.2) is 18.2 Å². The molecule has 6 heteroatoms. The number of nitrogens with zero attached hydrogens (tertiary/aromatic N) is 2. The molecule has 22 heavy (non-hydrogen) atoms. The number of hydrogen-bond acceptors (Lipinski definition) is 3. The molecule has 0 aromatic heterocycles. The first-order valence-corrected chi connectivity index (χ1v) is 7.79. The standard InChI is InChI=1S/C16H22ClFN2O2/c1-19(9-15(21)11-6-7-11)10-16(22)20(2)8-12-13(17)4-3-5-14(12)18/h3-5,11,15,21H,6-10H2,1-2H3. The Morgan fingerprint density at radius 2 is 2.14 bits per heavy atom. The monoisotopic (exact) mass is 328 g/mol. The minimum absolute atomic E-state index is 0.128. The van der Waals surface area contributed by atoms with Crippen LogP contribution in [0.3, 0.4) is 0 Å². The molecule has 1 aliphatic carbocycles. The first kappa shape index (κ1) is 17.2. The van der Waals surface area contributed by atoms with Crippen LogP contribution in [0.5, 0.6) is 0 Å². The molecule has 0 aliphatic heterocycles. The molecular weight excluding hydrogens is 307 g/mol. The van der Waals surface area contributed by atoms with E-state index in [1.807, 2.05) is 0 Å². The van der Waals surface area contributed by atoms with Gasteiger partial charge in [0.25, 0.3) is 0 Å². The highest BCUT2D eigenvalue weighted by molar-refractivity contribution is 6.31. The zero-order chi connectivity index (χ0) is 16.3. The van der Waals surface area contributed by atoms with Crippen molar-refractivity contribution in [3.8, 4) is 0 Å². The summed E-state index contributed by atoms with van der Waals surface area (Å²) in [6.07, 6.45) is 1.76. The summed E-state index contributed by atoms with van der Waals surface area (Å²) >= 11 is 5.97. The number of aliphatic hydroxyl groups excluding tert-OH is 1. The van der Waals surface area contributed by atoms with Crippen molar-refractivity contribution in [3.05, 3.63) is 34.6 Å². The summed E-state index contributed by atoms with van der Waals surface area (Å²) in [5.41, 5.74) is 0.320. The van der Waals surface area contributed by atoms with Crippen LogP contribution in [0.1, 0.15) is 18.4 Å². The van der Waals surface area contributed by atoms with Crippen LogP contribution in [-0.4, -0.2) is 54.1 Å². The van der Waals surface area contributed by atoms with Crippen LogP contribution >= 0.6 is 11.6 Å². The maximum atomic E-state index is 13.7. The van der Waals surface area contributed by atoms with Crippen molar-refractivity contribution in [3.63, 3.8) is 0 Å². The van der Waals surface area contributed by atoms with Crippen LogP contribution in [-0.2, 0) is 11.3 Å². The number of benzene rings is 1. The van der Waals surface area contributed by atoms with E-state index in [-0.39, 0.29) is 25.1 Å². The molecule has 0 heterocycles. The largest absolute Gasteiger partial charge is 0.392 e. The van der Waals surface area contributed by atoms with Gasteiger partial charge in [0, 0.05) is 30.7 Å². The minimum atomic E-state index is -0.412. The van der Waals surface area contributed by atoms with Crippen molar-refractivity contribution in [1.82, 2.24) is 9.80 Å². The van der Waals surface area contributed by atoms with Crippen molar-refractivity contribution in [1.29, 1.82) is 0 Å². The molecule has 1 N–H and O–H groups in total. The van der Waals surface area contributed by atoms with Gasteiger partial charge in [-0.25, -0.2) is 4.39 Å². The quantitative estimate of drug-likeness (QED) is 0.834. The Labute approximate surface area is 135 Å². The Kier molecular flexibility index (Phi) is 5.78.